The van der Waals surface area contributed by atoms with Gasteiger partial charge in [0.25, 0.3) is 0 Å². The van der Waals surface area contributed by atoms with Gasteiger partial charge in [0.1, 0.15) is 0 Å². The number of hydrogen-bond acceptors (Lipinski definition) is 2. The topological polar surface area (TPSA) is 15.3 Å². The van der Waals surface area contributed by atoms with Crippen LogP contribution in [0.5, 0.6) is 0 Å². The van der Waals surface area contributed by atoms with Crippen molar-refractivity contribution in [2.45, 2.75) is 59.0 Å². The van der Waals surface area contributed by atoms with E-state index < -0.39 is 0 Å². The molecule has 0 bridgehead atoms. The van der Waals surface area contributed by atoms with E-state index in [9.17, 15) is 0 Å². The van der Waals surface area contributed by atoms with Crippen molar-refractivity contribution >= 4 is 0 Å². The second-order valence-corrected chi connectivity index (χ2v) is 5.72. The molecule has 0 amide bonds. The highest BCUT2D eigenvalue weighted by atomic mass is 15.2. The lowest BCUT2D eigenvalue weighted by atomic mass is 9.99. The average molecular weight is 212 g/mol. The molecule has 0 aromatic rings. The van der Waals surface area contributed by atoms with E-state index in [1.807, 2.05) is 0 Å². The van der Waals surface area contributed by atoms with Gasteiger partial charge >= 0.3 is 0 Å². The molecule has 1 rings (SSSR count). The van der Waals surface area contributed by atoms with Crippen molar-refractivity contribution in [3.63, 3.8) is 0 Å². The molecule has 2 nitrogen and oxygen atoms in total. The van der Waals surface area contributed by atoms with E-state index >= 15 is 0 Å². The van der Waals surface area contributed by atoms with Crippen LogP contribution in [0.1, 0.15) is 47.5 Å². The van der Waals surface area contributed by atoms with Crippen molar-refractivity contribution < 1.29 is 0 Å². The van der Waals surface area contributed by atoms with Crippen LogP contribution in [-0.4, -0.2) is 36.1 Å². The molecule has 90 valence electrons. The second-order valence-electron chi connectivity index (χ2n) is 5.72. The van der Waals surface area contributed by atoms with Gasteiger partial charge < -0.3 is 5.32 Å². The van der Waals surface area contributed by atoms with E-state index in [0.29, 0.717) is 5.54 Å². The normalized spacial score (nSPS) is 27.2. The molecule has 0 spiro atoms. The van der Waals surface area contributed by atoms with E-state index in [4.69, 9.17) is 0 Å². The summed E-state index contributed by atoms with van der Waals surface area (Å²) in [7, 11) is 0. The molecule has 2 heteroatoms. The Kier molecular flexibility index (Phi) is 4.60. The monoisotopic (exact) mass is 212 g/mol. The Morgan fingerprint density at radius 2 is 2.07 bits per heavy atom. The van der Waals surface area contributed by atoms with Crippen molar-refractivity contribution in [1.29, 1.82) is 0 Å². The van der Waals surface area contributed by atoms with Gasteiger partial charge in [0.05, 0.1) is 0 Å². The zero-order valence-electron chi connectivity index (χ0n) is 11.1. The molecule has 1 saturated heterocycles. The van der Waals surface area contributed by atoms with E-state index in [-0.39, 0.29) is 0 Å². The predicted octanol–water partition coefficient (Wildman–Crippen LogP) is 2.49. The Labute approximate surface area is 95.4 Å². The van der Waals surface area contributed by atoms with Gasteiger partial charge in [-0.3, -0.25) is 4.90 Å². The van der Waals surface area contributed by atoms with Crippen molar-refractivity contribution in [3.8, 4) is 0 Å². The number of rotatable bonds is 5. The first-order chi connectivity index (χ1) is 6.98. The molecule has 0 aromatic heterocycles. The molecular formula is C13H28N2. The summed E-state index contributed by atoms with van der Waals surface area (Å²) >= 11 is 0. The Morgan fingerprint density at radius 1 is 1.40 bits per heavy atom. The van der Waals surface area contributed by atoms with E-state index in [2.05, 4.69) is 44.8 Å². The summed E-state index contributed by atoms with van der Waals surface area (Å²) in [5.41, 5.74) is 0.341. The van der Waals surface area contributed by atoms with Crippen LogP contribution in [0.15, 0.2) is 0 Å². The molecule has 15 heavy (non-hydrogen) atoms. The van der Waals surface area contributed by atoms with Crippen LogP contribution in [0.3, 0.4) is 0 Å². The standard InChI is InChI=1S/C13H28N2/c1-6-11(3)10-15(7-2)12-8-13(4,5)14-9-12/h11-12,14H,6-10H2,1-5H3. The van der Waals surface area contributed by atoms with Crippen molar-refractivity contribution in [2.24, 2.45) is 5.92 Å². The van der Waals surface area contributed by atoms with Crippen LogP contribution in [0.4, 0.5) is 0 Å². The fourth-order valence-electron chi connectivity index (χ4n) is 2.45. The molecule has 0 saturated carbocycles. The highest BCUT2D eigenvalue weighted by Crippen LogP contribution is 2.23. The Balaban J connectivity index is 2.46. The lowest BCUT2D eigenvalue weighted by molar-refractivity contribution is 0.183. The first kappa shape index (κ1) is 13.0. The Morgan fingerprint density at radius 3 is 2.47 bits per heavy atom. The molecule has 0 radical (unpaired) electrons. The molecule has 1 N–H and O–H groups in total. The molecule has 2 atom stereocenters. The molecule has 1 fully saturated rings. The Bertz CT molecular complexity index is 189. The van der Waals surface area contributed by atoms with E-state index in [1.165, 1.54) is 25.9 Å². The lowest BCUT2D eigenvalue weighted by Gasteiger charge is -2.30. The maximum Gasteiger partial charge on any atom is 0.0238 e. The summed E-state index contributed by atoms with van der Waals surface area (Å²) in [5, 5.41) is 3.61. The van der Waals surface area contributed by atoms with Gasteiger partial charge in [-0.1, -0.05) is 27.2 Å². The Hall–Kier alpha value is -0.0800. The van der Waals surface area contributed by atoms with Gasteiger partial charge in [0.15, 0.2) is 0 Å². The summed E-state index contributed by atoms with van der Waals surface area (Å²) < 4.78 is 0. The maximum atomic E-state index is 3.61. The van der Waals surface area contributed by atoms with Gasteiger partial charge in [-0.15, -0.1) is 0 Å². The van der Waals surface area contributed by atoms with Crippen LogP contribution in [0.25, 0.3) is 0 Å². The minimum absolute atomic E-state index is 0.341. The van der Waals surface area contributed by atoms with Gasteiger partial charge in [-0.05, 0) is 32.7 Å². The summed E-state index contributed by atoms with van der Waals surface area (Å²) in [4.78, 5) is 2.65. The predicted molar refractivity (Wildman–Crippen MR) is 67.2 cm³/mol. The van der Waals surface area contributed by atoms with Crippen LogP contribution in [-0.2, 0) is 0 Å². The third kappa shape index (κ3) is 3.76. The van der Waals surface area contributed by atoms with Gasteiger partial charge in [-0.25, -0.2) is 0 Å². The highest BCUT2D eigenvalue weighted by molar-refractivity contribution is 4.94. The quantitative estimate of drug-likeness (QED) is 0.753. The molecule has 2 unspecified atom stereocenters. The molecule has 1 aliphatic rings. The fraction of sp³-hybridized carbons (Fsp3) is 1.00. The van der Waals surface area contributed by atoms with Gasteiger partial charge in [0, 0.05) is 24.7 Å². The largest absolute Gasteiger partial charge is 0.310 e. The number of nitrogens with one attached hydrogen (secondary N) is 1. The van der Waals surface area contributed by atoms with E-state index in [0.717, 1.165) is 18.5 Å². The number of likely N-dealkylation sites (N-methyl/N-ethyl adjacent to an activating group) is 1. The first-order valence-electron chi connectivity index (χ1n) is 6.47. The minimum atomic E-state index is 0.341. The zero-order chi connectivity index (χ0) is 11.5. The maximum absolute atomic E-state index is 3.61. The summed E-state index contributed by atoms with van der Waals surface area (Å²) in [5.74, 6) is 0.827. The first-order valence-corrected chi connectivity index (χ1v) is 6.47. The summed E-state index contributed by atoms with van der Waals surface area (Å²) in [6.45, 7) is 15.2. The fourth-order valence-corrected chi connectivity index (χ4v) is 2.45. The molecule has 0 aromatic carbocycles. The van der Waals surface area contributed by atoms with Crippen LogP contribution >= 0.6 is 0 Å². The van der Waals surface area contributed by atoms with Crippen LogP contribution < -0.4 is 5.32 Å². The average Bonchev–Trinajstić information content (AvgIpc) is 2.54. The number of hydrogen-bond donors (Lipinski definition) is 1. The second kappa shape index (κ2) is 5.31. The number of nitrogens with zero attached hydrogens (tertiary/aromatic N) is 1. The lowest BCUT2D eigenvalue weighted by Crippen LogP contribution is -2.39. The molecular weight excluding hydrogens is 184 g/mol. The van der Waals surface area contributed by atoms with Crippen LogP contribution in [0, 0.1) is 5.92 Å². The van der Waals surface area contributed by atoms with Crippen molar-refractivity contribution in [2.75, 3.05) is 19.6 Å². The minimum Gasteiger partial charge on any atom is -0.310 e. The van der Waals surface area contributed by atoms with Gasteiger partial charge in [0.2, 0.25) is 0 Å². The third-order valence-corrected chi connectivity index (χ3v) is 3.73. The molecule has 1 aliphatic heterocycles. The SMILES string of the molecule is CCC(C)CN(CC)C1CNC(C)(C)C1. The zero-order valence-corrected chi connectivity index (χ0v) is 11.1. The smallest absolute Gasteiger partial charge is 0.0238 e. The molecule has 0 aliphatic carbocycles. The third-order valence-electron chi connectivity index (χ3n) is 3.73. The van der Waals surface area contributed by atoms with Crippen molar-refractivity contribution in [3.05, 3.63) is 0 Å². The molecule has 1 heterocycles. The summed E-state index contributed by atoms with van der Waals surface area (Å²) in [6.07, 6.45) is 2.58. The van der Waals surface area contributed by atoms with Crippen molar-refractivity contribution in [1.82, 2.24) is 10.2 Å². The van der Waals surface area contributed by atoms with Crippen LogP contribution in [0.2, 0.25) is 0 Å². The van der Waals surface area contributed by atoms with Gasteiger partial charge in [-0.2, -0.15) is 0 Å². The highest BCUT2D eigenvalue weighted by Gasteiger charge is 2.33. The summed E-state index contributed by atoms with van der Waals surface area (Å²) in [6, 6.07) is 0.749. The van der Waals surface area contributed by atoms with E-state index in [1.54, 1.807) is 0 Å².